The zero-order chi connectivity index (χ0) is 17.8. The van der Waals surface area contributed by atoms with Crippen molar-refractivity contribution in [3.05, 3.63) is 39.1 Å². The van der Waals surface area contributed by atoms with Gasteiger partial charge in [0.1, 0.15) is 0 Å². The molecule has 0 radical (unpaired) electrons. The Hall–Kier alpha value is -1.96. The lowest BCUT2D eigenvalue weighted by molar-refractivity contribution is 0.0374. The summed E-state index contributed by atoms with van der Waals surface area (Å²) in [5, 5.41) is 7.75. The molecule has 0 unspecified atom stereocenters. The molecule has 1 aromatic heterocycles. The van der Waals surface area contributed by atoms with Crippen molar-refractivity contribution in [3.8, 4) is 0 Å². The number of morpholine rings is 1. The summed E-state index contributed by atoms with van der Waals surface area (Å²) in [5.74, 6) is -0.454. The third-order valence-corrected chi connectivity index (χ3v) is 4.51. The van der Waals surface area contributed by atoms with Gasteiger partial charge in [-0.05, 0) is 31.2 Å². The van der Waals surface area contributed by atoms with E-state index in [4.69, 9.17) is 16.3 Å². The first-order chi connectivity index (χ1) is 12.1. The van der Waals surface area contributed by atoms with Gasteiger partial charge in [0, 0.05) is 31.7 Å². The number of carbonyl (C=O) groups excluding carboxylic acids is 1. The van der Waals surface area contributed by atoms with Crippen LogP contribution >= 0.6 is 11.6 Å². The first kappa shape index (κ1) is 17.8. The van der Waals surface area contributed by atoms with Crippen molar-refractivity contribution in [1.29, 1.82) is 0 Å². The first-order valence-corrected chi connectivity index (χ1v) is 8.69. The van der Waals surface area contributed by atoms with E-state index in [0.717, 1.165) is 39.3 Å². The molecule has 1 aliphatic rings. The van der Waals surface area contributed by atoms with Crippen molar-refractivity contribution in [1.82, 2.24) is 20.0 Å². The van der Waals surface area contributed by atoms with Gasteiger partial charge in [0.15, 0.2) is 5.69 Å². The third kappa shape index (κ3) is 4.18. The van der Waals surface area contributed by atoms with Gasteiger partial charge in [-0.2, -0.15) is 5.10 Å². The van der Waals surface area contributed by atoms with Crippen molar-refractivity contribution in [2.45, 2.75) is 6.42 Å². The molecule has 1 N–H and O–H groups in total. The minimum Gasteiger partial charge on any atom is -0.379 e. The monoisotopic (exact) mass is 364 g/mol. The Morgan fingerprint density at radius 1 is 1.36 bits per heavy atom. The van der Waals surface area contributed by atoms with Crippen LogP contribution in [0.5, 0.6) is 0 Å². The fourth-order valence-electron chi connectivity index (χ4n) is 2.91. The average molecular weight is 365 g/mol. The molecule has 0 atom stereocenters. The van der Waals surface area contributed by atoms with Gasteiger partial charge >= 0.3 is 0 Å². The van der Waals surface area contributed by atoms with Gasteiger partial charge in [0.2, 0.25) is 5.43 Å². The van der Waals surface area contributed by atoms with E-state index in [-0.39, 0.29) is 5.69 Å². The van der Waals surface area contributed by atoms with E-state index in [1.165, 1.54) is 4.68 Å². The molecule has 0 bridgehead atoms. The summed E-state index contributed by atoms with van der Waals surface area (Å²) >= 11 is 5.97. The predicted molar refractivity (Wildman–Crippen MR) is 96.2 cm³/mol. The molecule has 3 rings (SSSR count). The number of amides is 1. The second-order valence-corrected chi connectivity index (χ2v) is 6.46. The smallest absolute Gasteiger partial charge is 0.275 e. The maximum atomic E-state index is 12.5. The van der Waals surface area contributed by atoms with Crippen molar-refractivity contribution < 1.29 is 9.53 Å². The van der Waals surface area contributed by atoms with E-state index < -0.39 is 11.3 Å². The minimum absolute atomic E-state index is 0.108. The summed E-state index contributed by atoms with van der Waals surface area (Å²) in [6, 6.07) is 4.97. The third-order valence-electron chi connectivity index (χ3n) is 4.27. The highest BCUT2D eigenvalue weighted by Crippen LogP contribution is 2.15. The van der Waals surface area contributed by atoms with Crippen molar-refractivity contribution >= 4 is 28.4 Å². The standard InChI is InChI=1S/C17H21ClN4O3/c1-21-14-4-3-12(18)11-13(14)16(23)15(20-21)17(24)19-5-2-6-22-7-9-25-10-8-22/h3-4,11H,2,5-10H2,1H3,(H,19,24). The number of nitrogens with zero attached hydrogens (tertiary/aromatic N) is 3. The summed E-state index contributed by atoms with van der Waals surface area (Å²) in [4.78, 5) is 27.2. The van der Waals surface area contributed by atoms with Crippen LogP contribution in [-0.2, 0) is 11.8 Å². The number of benzene rings is 1. The number of halogens is 1. The van der Waals surface area contributed by atoms with E-state index in [1.807, 2.05) is 0 Å². The van der Waals surface area contributed by atoms with Gasteiger partial charge in [0.05, 0.1) is 24.1 Å². The fraction of sp³-hybridized carbons (Fsp3) is 0.471. The van der Waals surface area contributed by atoms with Crippen molar-refractivity contribution in [2.24, 2.45) is 7.05 Å². The second kappa shape index (κ2) is 7.95. The van der Waals surface area contributed by atoms with Crippen molar-refractivity contribution in [3.63, 3.8) is 0 Å². The number of nitrogens with one attached hydrogen (secondary N) is 1. The Bertz CT molecular complexity index is 830. The molecule has 1 amide bonds. The van der Waals surface area contributed by atoms with Crippen LogP contribution in [0.3, 0.4) is 0 Å². The Morgan fingerprint density at radius 2 is 2.12 bits per heavy atom. The van der Waals surface area contributed by atoms with Crippen LogP contribution in [0.2, 0.25) is 5.02 Å². The quantitative estimate of drug-likeness (QED) is 0.802. The molecule has 2 aromatic rings. The summed E-state index contributed by atoms with van der Waals surface area (Å²) in [7, 11) is 1.70. The molecule has 1 aromatic carbocycles. The molecule has 1 aliphatic heterocycles. The molecule has 2 heterocycles. The normalized spacial score (nSPS) is 15.4. The number of ether oxygens (including phenoxy) is 1. The summed E-state index contributed by atoms with van der Waals surface area (Å²) in [6.07, 6.45) is 0.811. The summed E-state index contributed by atoms with van der Waals surface area (Å²) in [5.41, 5.74) is 0.128. The molecular formula is C17H21ClN4O3. The molecule has 25 heavy (non-hydrogen) atoms. The SMILES string of the molecule is Cn1nc(C(=O)NCCCN2CCOCC2)c(=O)c2cc(Cl)ccc21. The first-order valence-electron chi connectivity index (χ1n) is 8.31. The van der Waals surface area contributed by atoms with Gasteiger partial charge < -0.3 is 10.1 Å². The fourth-order valence-corrected chi connectivity index (χ4v) is 3.08. The maximum Gasteiger partial charge on any atom is 0.275 e. The lowest BCUT2D eigenvalue weighted by Gasteiger charge is -2.26. The number of fused-ring (bicyclic) bond motifs is 1. The summed E-state index contributed by atoms with van der Waals surface area (Å²) < 4.78 is 6.83. The maximum absolute atomic E-state index is 12.5. The highest BCUT2D eigenvalue weighted by Gasteiger charge is 2.17. The predicted octanol–water partition coefficient (Wildman–Crippen LogP) is 1.04. The molecule has 0 spiro atoms. The van der Waals surface area contributed by atoms with Crippen LogP contribution in [0.25, 0.3) is 10.9 Å². The van der Waals surface area contributed by atoms with Gasteiger partial charge in [-0.25, -0.2) is 0 Å². The van der Waals surface area contributed by atoms with Crippen molar-refractivity contribution in [2.75, 3.05) is 39.4 Å². The average Bonchev–Trinajstić information content (AvgIpc) is 2.62. The molecule has 0 aliphatic carbocycles. The van der Waals surface area contributed by atoms with Crippen LogP contribution in [0.4, 0.5) is 0 Å². The van der Waals surface area contributed by atoms with Gasteiger partial charge in [-0.3, -0.25) is 19.2 Å². The van der Waals surface area contributed by atoms with Crippen LogP contribution in [0.15, 0.2) is 23.0 Å². The largest absolute Gasteiger partial charge is 0.379 e. The molecule has 1 fully saturated rings. The molecule has 8 heteroatoms. The lowest BCUT2D eigenvalue weighted by Crippen LogP contribution is -2.38. The zero-order valence-electron chi connectivity index (χ0n) is 14.1. The Kier molecular flexibility index (Phi) is 5.67. The van der Waals surface area contributed by atoms with Crippen LogP contribution < -0.4 is 10.7 Å². The van der Waals surface area contributed by atoms with E-state index in [1.54, 1.807) is 25.2 Å². The highest BCUT2D eigenvalue weighted by atomic mass is 35.5. The van der Waals surface area contributed by atoms with Gasteiger partial charge in [0.25, 0.3) is 5.91 Å². The van der Waals surface area contributed by atoms with E-state index >= 15 is 0 Å². The van der Waals surface area contributed by atoms with Gasteiger partial charge in [-0.15, -0.1) is 0 Å². The van der Waals surface area contributed by atoms with E-state index in [9.17, 15) is 9.59 Å². The second-order valence-electron chi connectivity index (χ2n) is 6.03. The van der Waals surface area contributed by atoms with Crippen LogP contribution in [0.1, 0.15) is 16.9 Å². The molecular weight excluding hydrogens is 344 g/mol. The zero-order valence-corrected chi connectivity index (χ0v) is 14.9. The number of hydrogen-bond acceptors (Lipinski definition) is 5. The number of hydrogen-bond donors (Lipinski definition) is 1. The molecule has 1 saturated heterocycles. The number of carbonyl (C=O) groups is 1. The molecule has 0 saturated carbocycles. The Labute approximate surface area is 150 Å². The number of rotatable bonds is 5. The number of aryl methyl sites for hydroxylation is 1. The molecule has 134 valence electrons. The van der Waals surface area contributed by atoms with E-state index in [2.05, 4.69) is 15.3 Å². The highest BCUT2D eigenvalue weighted by molar-refractivity contribution is 6.31. The lowest BCUT2D eigenvalue weighted by atomic mass is 10.2. The number of aromatic nitrogens is 2. The van der Waals surface area contributed by atoms with Gasteiger partial charge in [-0.1, -0.05) is 11.6 Å². The molecule has 7 nitrogen and oxygen atoms in total. The minimum atomic E-state index is -0.454. The Balaban J connectivity index is 1.65. The van der Waals surface area contributed by atoms with Crippen LogP contribution in [-0.4, -0.2) is 60.0 Å². The summed E-state index contributed by atoms with van der Waals surface area (Å²) in [6.45, 7) is 4.73. The van der Waals surface area contributed by atoms with E-state index in [0.29, 0.717) is 22.5 Å². The Morgan fingerprint density at radius 3 is 2.88 bits per heavy atom. The topological polar surface area (TPSA) is 76.5 Å². The van der Waals surface area contributed by atoms with Crippen LogP contribution in [0, 0.1) is 0 Å².